The van der Waals surface area contributed by atoms with Gasteiger partial charge in [-0.15, -0.1) is 0 Å². The summed E-state index contributed by atoms with van der Waals surface area (Å²) in [6, 6.07) is 31.9. The van der Waals surface area contributed by atoms with Crippen LogP contribution in [-0.4, -0.2) is 141 Å². The summed E-state index contributed by atoms with van der Waals surface area (Å²) in [5.41, 5.74) is 9.64. The van der Waals surface area contributed by atoms with Gasteiger partial charge < -0.3 is 46.4 Å². The number of amides is 3. The van der Waals surface area contributed by atoms with E-state index in [2.05, 4.69) is 26.0 Å². The number of nitrogens with two attached hydrogens (primary N) is 2. The van der Waals surface area contributed by atoms with Gasteiger partial charge in [-0.05, 0) is 166 Å². The monoisotopic (exact) mass is 1640 g/mol. The zero-order valence-electron chi connectivity index (χ0n) is 62.6. The highest BCUT2D eigenvalue weighted by atomic mass is 19.4. The van der Waals surface area contributed by atoms with Crippen molar-refractivity contribution in [3.63, 3.8) is 0 Å². The number of fused-ring (bicyclic) bond motifs is 6. The van der Waals surface area contributed by atoms with Gasteiger partial charge in [0.25, 0.3) is 0 Å². The van der Waals surface area contributed by atoms with E-state index >= 15 is 0 Å². The molecule has 7 aliphatic rings. The molecule has 12 atom stereocenters. The van der Waals surface area contributed by atoms with E-state index in [1.165, 1.54) is 33.6 Å². The molecule has 6 aromatic carbocycles. The molecular formula is C79H87F18N11O7. The summed E-state index contributed by atoms with van der Waals surface area (Å²) >= 11 is 0. The number of carbonyl (C=O) groups excluding carboxylic acids is 3. The molecule has 13 rings (SSSR count). The summed E-state index contributed by atoms with van der Waals surface area (Å²) < 4.78 is 263. The Morgan fingerprint density at radius 2 is 0.670 bits per heavy atom. The van der Waals surface area contributed by atoms with Gasteiger partial charge in [-0.25, -0.2) is 0 Å². The molecule has 3 amide bonds. The molecule has 0 aliphatic carbocycles. The number of nitrogens with one attached hydrogen (secondary N) is 3. The van der Waals surface area contributed by atoms with E-state index in [9.17, 15) is 93.4 Å². The van der Waals surface area contributed by atoms with E-state index in [1.54, 1.807) is 18.2 Å². The molecule has 7 aliphatic heterocycles. The number of benzene rings is 6. The van der Waals surface area contributed by atoms with Crippen LogP contribution >= 0.6 is 0 Å². The second-order valence-corrected chi connectivity index (χ2v) is 30.2. The van der Waals surface area contributed by atoms with E-state index in [4.69, 9.17) is 35.9 Å². The Bertz CT molecular complexity index is 4120. The molecule has 7 heterocycles. The SMILES string of the molecule is C1CCOC1.C[C@@H](OC[C@@]1(c2ccccc2)CC[C@]2(CN)CN1CC(=O)N2)c1cc(C(F)(F)F)cc(C(F)(F)F)c1.C[C@@H](OC[C@@]1(c2ccccc2)CC[C@]2(CN)CN1CC(=O)N2)c1cc(C(F)(F)F)cc(C(F)(F)F)c1.C[C@@H](OC[C@@]1(c2ccccc2)CC[C@]2(CN=[N+]=[N-])CN1CC(=O)N2)c1cc(C(F)(F)F)cc(C(F)(F)F)c1. The number of alkyl halides is 18. The predicted octanol–water partition coefficient (Wildman–Crippen LogP) is 16.0. The molecule has 0 spiro atoms. The van der Waals surface area contributed by atoms with Gasteiger partial charge in [0.15, 0.2) is 0 Å². The molecule has 36 heteroatoms. The average molecular weight is 1640 g/mol. The molecule has 0 radical (unpaired) electrons. The average Bonchev–Trinajstić information content (AvgIpc) is 0.955. The number of halogens is 18. The van der Waals surface area contributed by atoms with Gasteiger partial charge in [-0.2, -0.15) is 79.0 Å². The second kappa shape index (κ2) is 34.9. The van der Waals surface area contributed by atoms with Gasteiger partial charge in [0.1, 0.15) is 0 Å². The number of piperazine rings is 3. The maximum absolute atomic E-state index is 13.4. The molecule has 18 nitrogen and oxygen atoms in total. The molecule has 6 bridgehead atoms. The lowest BCUT2D eigenvalue weighted by atomic mass is 9.73. The molecule has 7 fully saturated rings. The standard InChI is InChI=1S/C25H25F6N5O2.2C25H27F6N3O2.C4H8O/c1-16(17-9-19(24(26,27)28)11-20(10-17)25(29,30)31)38-15-23(18-5-3-2-4-6-18)8-7-22(13-33-35-32)14-36(23)12-21(37)34-22;2*1-16(17-9-19(24(26,27)28)11-20(10-17)25(29,30)31)36-15-23(18-5-3-2-4-6-18)8-7-22(13-32)14-34(23)12-21(35)33-22;1-2-4-5-3-1/h2-6,9-11,16H,7-8,12-15H2,1H3,(H,34,37);2*2-6,9-11,16H,7-8,12-15,32H2,1H3,(H,33,35);1-4H2/t3*16-,22+,23-;/m111./s1. The number of ether oxygens (including phenoxy) is 4. The minimum Gasteiger partial charge on any atom is -0.381 e. The highest BCUT2D eigenvalue weighted by Gasteiger charge is 2.56. The van der Waals surface area contributed by atoms with Crippen LogP contribution in [-0.2, 0) is 87.0 Å². The smallest absolute Gasteiger partial charge is 0.381 e. The molecular weight excluding hydrogens is 1560 g/mol. The largest absolute Gasteiger partial charge is 0.416 e. The Morgan fingerprint density at radius 1 is 0.417 bits per heavy atom. The van der Waals surface area contributed by atoms with Crippen LogP contribution in [0.1, 0.15) is 157 Å². The van der Waals surface area contributed by atoms with Gasteiger partial charge in [0, 0.05) is 50.8 Å². The summed E-state index contributed by atoms with van der Waals surface area (Å²) in [4.78, 5) is 46.3. The van der Waals surface area contributed by atoms with Gasteiger partial charge in [0.05, 0.1) is 131 Å². The van der Waals surface area contributed by atoms with Crippen molar-refractivity contribution in [1.29, 1.82) is 0 Å². The number of azide groups is 1. The van der Waals surface area contributed by atoms with Crippen LogP contribution in [0.15, 0.2) is 151 Å². The fourth-order valence-electron chi connectivity index (χ4n) is 16.0. The van der Waals surface area contributed by atoms with Crippen LogP contribution in [0.5, 0.6) is 0 Å². The van der Waals surface area contributed by atoms with E-state index in [1.807, 2.05) is 87.5 Å². The molecule has 7 saturated heterocycles. The van der Waals surface area contributed by atoms with E-state index in [0.29, 0.717) is 94.6 Å². The number of rotatable bonds is 19. The van der Waals surface area contributed by atoms with Gasteiger partial charge >= 0.3 is 37.1 Å². The van der Waals surface area contributed by atoms with Crippen molar-refractivity contribution in [3.05, 3.63) is 223 Å². The number of hydrogen-bond acceptors (Lipinski definition) is 13. The number of hydrogen-bond donors (Lipinski definition) is 5. The van der Waals surface area contributed by atoms with Crippen LogP contribution in [0, 0.1) is 0 Å². The first-order chi connectivity index (χ1) is 53.8. The maximum Gasteiger partial charge on any atom is 0.416 e. The Morgan fingerprint density at radius 3 is 0.904 bits per heavy atom. The fraction of sp³-hybridized carbons (Fsp3) is 0.506. The fourth-order valence-corrected chi connectivity index (χ4v) is 16.0. The highest BCUT2D eigenvalue weighted by Crippen LogP contribution is 2.49. The highest BCUT2D eigenvalue weighted by molar-refractivity contribution is 5.81. The van der Waals surface area contributed by atoms with E-state index in [0.717, 1.165) is 29.9 Å². The lowest BCUT2D eigenvalue weighted by Gasteiger charge is -2.56. The Hall–Kier alpha value is -8.58. The Balaban J connectivity index is 0.000000176. The molecule has 0 saturated carbocycles. The van der Waals surface area contributed by atoms with Crippen LogP contribution in [0.2, 0.25) is 0 Å². The molecule has 626 valence electrons. The van der Waals surface area contributed by atoms with Crippen molar-refractivity contribution in [2.45, 2.75) is 161 Å². The Kier molecular flexibility index (Phi) is 27.0. The van der Waals surface area contributed by atoms with Gasteiger partial charge in [-0.3, -0.25) is 29.1 Å². The van der Waals surface area contributed by atoms with Crippen LogP contribution in [0.3, 0.4) is 0 Å². The number of carbonyl (C=O) groups is 3. The quantitative estimate of drug-likeness (QED) is 0.0220. The van der Waals surface area contributed by atoms with E-state index < -0.39 is 122 Å². The summed E-state index contributed by atoms with van der Waals surface area (Å²) in [6.07, 6.45) is -27.5. The third-order valence-corrected chi connectivity index (χ3v) is 22.5. The van der Waals surface area contributed by atoms with Crippen molar-refractivity contribution in [2.75, 3.05) is 91.9 Å². The maximum atomic E-state index is 13.4. The van der Waals surface area contributed by atoms with Crippen molar-refractivity contribution in [2.24, 2.45) is 16.6 Å². The molecule has 6 aromatic rings. The van der Waals surface area contributed by atoms with Crippen molar-refractivity contribution < 1.29 is 112 Å². The number of nitrogens with zero attached hydrogens (tertiary/aromatic N) is 6. The van der Waals surface area contributed by atoms with Gasteiger partial charge in [-0.1, -0.05) is 96.1 Å². The van der Waals surface area contributed by atoms with Crippen molar-refractivity contribution in [1.82, 2.24) is 30.7 Å². The minimum atomic E-state index is -4.97. The molecule has 7 N–H and O–H groups in total. The first kappa shape index (κ1) is 88.8. The van der Waals surface area contributed by atoms with Crippen LogP contribution in [0.25, 0.3) is 10.4 Å². The molecule has 0 aromatic heterocycles. The lowest BCUT2D eigenvalue weighted by Crippen LogP contribution is -2.73. The topological polar surface area (TPSA) is 235 Å². The Labute approximate surface area is 650 Å². The van der Waals surface area contributed by atoms with Crippen molar-refractivity contribution in [3.8, 4) is 0 Å². The summed E-state index contributed by atoms with van der Waals surface area (Å²) in [5.74, 6) is -0.690. The minimum absolute atomic E-state index is 0.00751. The first-order valence-corrected chi connectivity index (χ1v) is 36.9. The van der Waals surface area contributed by atoms with E-state index in [-0.39, 0.29) is 112 Å². The summed E-state index contributed by atoms with van der Waals surface area (Å²) in [7, 11) is 0. The molecule has 3 unspecified atom stereocenters. The zero-order chi connectivity index (χ0) is 84.0. The normalized spacial score (nSPS) is 26.9. The third-order valence-electron chi connectivity index (χ3n) is 22.5. The summed E-state index contributed by atoms with van der Waals surface area (Å²) in [6.45, 7) is 7.93. The van der Waals surface area contributed by atoms with Crippen LogP contribution < -0.4 is 27.4 Å². The van der Waals surface area contributed by atoms with Crippen LogP contribution in [0.4, 0.5) is 79.0 Å². The zero-order valence-corrected chi connectivity index (χ0v) is 62.6. The van der Waals surface area contributed by atoms with Gasteiger partial charge in [0.2, 0.25) is 17.7 Å². The lowest BCUT2D eigenvalue weighted by molar-refractivity contribution is -0.145. The second-order valence-electron chi connectivity index (χ2n) is 30.2. The predicted molar refractivity (Wildman–Crippen MR) is 384 cm³/mol. The first-order valence-electron chi connectivity index (χ1n) is 36.9. The third kappa shape index (κ3) is 20.9. The summed E-state index contributed by atoms with van der Waals surface area (Å²) in [5, 5.41) is 12.5. The molecule has 115 heavy (non-hydrogen) atoms. The number of piperidine rings is 3. The van der Waals surface area contributed by atoms with Crippen molar-refractivity contribution >= 4 is 17.7 Å².